The summed E-state index contributed by atoms with van der Waals surface area (Å²) in [5, 5.41) is 1.68. The zero-order chi connectivity index (χ0) is 9.97. The van der Waals surface area contributed by atoms with Gasteiger partial charge in [-0.1, -0.05) is 0 Å². The molecule has 0 unspecified atom stereocenters. The quantitative estimate of drug-likeness (QED) is 0.742. The number of nitrogen functional groups attached to an aromatic ring is 1. The van der Waals surface area contributed by atoms with Crippen LogP contribution in [0, 0.1) is 0 Å². The molecule has 5 nitrogen and oxygen atoms in total. The number of nitrogens with two attached hydrogens (primary N) is 1. The van der Waals surface area contributed by atoms with Gasteiger partial charge in [-0.2, -0.15) is 0 Å². The lowest BCUT2D eigenvalue weighted by Crippen LogP contribution is -1.95. The highest BCUT2D eigenvalue weighted by molar-refractivity contribution is 7.99. The Morgan fingerprint density at radius 2 is 2.21 bits per heavy atom. The maximum absolute atomic E-state index is 5.46. The lowest BCUT2D eigenvalue weighted by Gasteiger charge is -2.00. The van der Waals surface area contributed by atoms with Gasteiger partial charge in [0.15, 0.2) is 5.16 Å². The van der Waals surface area contributed by atoms with Crippen LogP contribution < -0.4 is 5.73 Å². The van der Waals surface area contributed by atoms with Crippen LogP contribution in [0.4, 0.5) is 5.95 Å². The van der Waals surface area contributed by atoms with Crippen molar-refractivity contribution < 1.29 is 0 Å². The van der Waals surface area contributed by atoms with E-state index in [4.69, 9.17) is 5.73 Å². The monoisotopic (exact) mass is 207 g/mol. The van der Waals surface area contributed by atoms with Gasteiger partial charge in [0.25, 0.3) is 0 Å². The maximum Gasteiger partial charge on any atom is 0.221 e. The van der Waals surface area contributed by atoms with Gasteiger partial charge in [0, 0.05) is 25.6 Å². The van der Waals surface area contributed by atoms with Gasteiger partial charge in [-0.25, -0.2) is 15.0 Å². The number of hydrogen-bond acceptors (Lipinski definition) is 5. The topological polar surface area (TPSA) is 69.6 Å². The molecule has 2 N–H and O–H groups in total. The number of hydrogen-bond donors (Lipinski definition) is 1. The van der Waals surface area contributed by atoms with E-state index < -0.39 is 0 Å². The summed E-state index contributed by atoms with van der Waals surface area (Å²) < 4.78 is 1.92. The predicted octanol–water partition coefficient (Wildman–Crippen LogP) is 0.943. The Morgan fingerprint density at radius 3 is 2.86 bits per heavy atom. The van der Waals surface area contributed by atoms with Crippen LogP contribution >= 0.6 is 11.8 Å². The largest absolute Gasteiger partial charge is 0.368 e. The molecule has 2 heterocycles. The number of imidazole rings is 1. The fraction of sp³-hybridized carbons (Fsp3) is 0.125. The molecule has 0 aliphatic heterocycles. The molecule has 2 rings (SSSR count). The average molecular weight is 207 g/mol. The summed E-state index contributed by atoms with van der Waals surface area (Å²) in [6.07, 6.45) is 5.26. The van der Waals surface area contributed by atoms with E-state index in [1.807, 2.05) is 17.8 Å². The van der Waals surface area contributed by atoms with Crippen LogP contribution in [-0.4, -0.2) is 19.5 Å². The molecule has 0 spiro atoms. The summed E-state index contributed by atoms with van der Waals surface area (Å²) in [5.41, 5.74) is 5.46. The van der Waals surface area contributed by atoms with Crippen molar-refractivity contribution in [2.75, 3.05) is 5.73 Å². The van der Waals surface area contributed by atoms with Crippen LogP contribution in [0.2, 0.25) is 0 Å². The van der Waals surface area contributed by atoms with Crippen LogP contribution in [0.1, 0.15) is 0 Å². The molecular weight excluding hydrogens is 198 g/mol. The van der Waals surface area contributed by atoms with E-state index >= 15 is 0 Å². The molecular formula is C8H9N5S. The van der Waals surface area contributed by atoms with E-state index in [-0.39, 0.29) is 5.95 Å². The van der Waals surface area contributed by atoms with Crippen molar-refractivity contribution in [2.24, 2.45) is 7.05 Å². The van der Waals surface area contributed by atoms with E-state index in [0.29, 0.717) is 0 Å². The molecule has 0 amide bonds. The van der Waals surface area contributed by atoms with Crippen molar-refractivity contribution in [3.05, 3.63) is 24.7 Å². The van der Waals surface area contributed by atoms with Crippen molar-refractivity contribution in [1.29, 1.82) is 0 Å². The number of aryl methyl sites for hydroxylation is 1. The first kappa shape index (κ1) is 9.01. The molecule has 0 fully saturated rings. The summed E-state index contributed by atoms with van der Waals surface area (Å²) in [7, 11) is 1.93. The molecule has 0 aliphatic rings. The lowest BCUT2D eigenvalue weighted by molar-refractivity contribution is 0.788. The highest BCUT2D eigenvalue weighted by Gasteiger charge is 2.03. The lowest BCUT2D eigenvalue weighted by atomic mass is 10.7. The maximum atomic E-state index is 5.46. The summed E-state index contributed by atoms with van der Waals surface area (Å²) in [6, 6.07) is 1.80. The van der Waals surface area contributed by atoms with Crippen molar-refractivity contribution in [3.8, 4) is 0 Å². The van der Waals surface area contributed by atoms with Gasteiger partial charge in [0.1, 0.15) is 5.03 Å². The molecule has 2 aromatic rings. The number of anilines is 1. The van der Waals surface area contributed by atoms with Gasteiger partial charge in [-0.15, -0.1) is 0 Å². The third kappa shape index (κ3) is 1.85. The first-order valence-corrected chi connectivity index (χ1v) is 4.81. The zero-order valence-electron chi connectivity index (χ0n) is 7.58. The minimum Gasteiger partial charge on any atom is -0.368 e. The van der Waals surface area contributed by atoms with Gasteiger partial charge in [-0.3, -0.25) is 0 Å². The molecule has 72 valence electrons. The van der Waals surface area contributed by atoms with Crippen molar-refractivity contribution in [1.82, 2.24) is 19.5 Å². The summed E-state index contributed by atoms with van der Waals surface area (Å²) in [6.45, 7) is 0. The van der Waals surface area contributed by atoms with Gasteiger partial charge in [0.05, 0.1) is 0 Å². The molecule has 0 saturated heterocycles. The standard InChI is InChI=1S/C8H9N5S/c1-13-5-4-11-8(13)14-6-2-3-10-7(9)12-6/h2-5H,1H3,(H2,9,10,12). The van der Waals surface area contributed by atoms with Gasteiger partial charge in [0.2, 0.25) is 5.95 Å². The molecule has 14 heavy (non-hydrogen) atoms. The second kappa shape index (κ2) is 3.67. The molecule has 0 saturated carbocycles. The third-order valence-corrected chi connectivity index (χ3v) is 2.63. The normalized spacial score (nSPS) is 10.4. The van der Waals surface area contributed by atoms with Gasteiger partial charge >= 0.3 is 0 Å². The van der Waals surface area contributed by atoms with E-state index in [9.17, 15) is 0 Å². The smallest absolute Gasteiger partial charge is 0.221 e. The molecule has 6 heteroatoms. The Morgan fingerprint density at radius 1 is 1.36 bits per heavy atom. The second-order valence-electron chi connectivity index (χ2n) is 2.68. The van der Waals surface area contributed by atoms with Gasteiger partial charge in [-0.05, 0) is 17.8 Å². The Kier molecular flexibility index (Phi) is 2.36. The molecule has 0 aliphatic carbocycles. The van der Waals surface area contributed by atoms with Crippen molar-refractivity contribution >= 4 is 17.7 Å². The second-order valence-corrected chi connectivity index (χ2v) is 3.66. The molecule has 0 bridgehead atoms. The Hall–Kier alpha value is -1.56. The summed E-state index contributed by atoms with van der Waals surface area (Å²) in [5.74, 6) is 0.282. The highest BCUT2D eigenvalue weighted by atomic mass is 32.2. The van der Waals surface area contributed by atoms with E-state index in [1.165, 1.54) is 11.8 Å². The van der Waals surface area contributed by atoms with E-state index in [2.05, 4.69) is 15.0 Å². The minimum absolute atomic E-state index is 0.282. The molecule has 0 atom stereocenters. The molecule has 0 radical (unpaired) electrons. The van der Waals surface area contributed by atoms with Crippen LogP contribution in [0.5, 0.6) is 0 Å². The van der Waals surface area contributed by atoms with Crippen molar-refractivity contribution in [2.45, 2.75) is 10.2 Å². The Labute approximate surface area is 85.4 Å². The first-order chi connectivity index (χ1) is 6.75. The van der Waals surface area contributed by atoms with Crippen LogP contribution in [0.3, 0.4) is 0 Å². The summed E-state index contributed by atoms with van der Waals surface area (Å²) >= 11 is 1.46. The van der Waals surface area contributed by atoms with Crippen LogP contribution in [0.25, 0.3) is 0 Å². The number of rotatable bonds is 2. The fourth-order valence-electron chi connectivity index (χ4n) is 0.957. The zero-order valence-corrected chi connectivity index (χ0v) is 8.40. The predicted molar refractivity (Wildman–Crippen MR) is 53.8 cm³/mol. The van der Waals surface area contributed by atoms with Crippen LogP contribution in [-0.2, 0) is 7.05 Å². The Bertz CT molecular complexity index is 439. The van der Waals surface area contributed by atoms with Crippen LogP contribution in [0.15, 0.2) is 34.8 Å². The molecule has 2 aromatic heterocycles. The van der Waals surface area contributed by atoms with Gasteiger partial charge < -0.3 is 10.3 Å². The number of nitrogens with zero attached hydrogens (tertiary/aromatic N) is 4. The van der Waals surface area contributed by atoms with E-state index in [0.717, 1.165) is 10.2 Å². The van der Waals surface area contributed by atoms with E-state index in [1.54, 1.807) is 18.5 Å². The number of aromatic nitrogens is 4. The fourth-order valence-corrected chi connectivity index (χ4v) is 1.73. The first-order valence-electron chi connectivity index (χ1n) is 3.99. The highest BCUT2D eigenvalue weighted by Crippen LogP contribution is 2.23. The summed E-state index contributed by atoms with van der Waals surface area (Å²) in [4.78, 5) is 12.0. The third-order valence-electron chi connectivity index (χ3n) is 1.62. The molecule has 0 aromatic carbocycles. The Balaban J connectivity index is 2.23. The average Bonchev–Trinajstić information content (AvgIpc) is 2.52. The minimum atomic E-state index is 0.282. The van der Waals surface area contributed by atoms with Crippen molar-refractivity contribution in [3.63, 3.8) is 0 Å². The SMILES string of the molecule is Cn1ccnc1Sc1ccnc(N)n1.